The lowest BCUT2D eigenvalue weighted by Gasteiger charge is -2.25. The molecule has 5 nitrogen and oxygen atoms in total. The molecule has 2 aromatic rings. The Labute approximate surface area is 98.2 Å². The molecule has 1 aliphatic heterocycles. The molecule has 2 heterocycles. The zero-order valence-electron chi connectivity index (χ0n) is 9.27. The van der Waals surface area contributed by atoms with E-state index >= 15 is 0 Å². The molecule has 17 heavy (non-hydrogen) atoms. The Morgan fingerprint density at radius 1 is 1.53 bits per heavy atom. The predicted molar refractivity (Wildman–Crippen MR) is 63.6 cm³/mol. The largest absolute Gasteiger partial charge is 0.381 e. The standard InChI is InChI=1S/C12H13N3O2/c16-12(3-8-6-17-7-8)14-10-2-1-9-5-13-15-11(9)4-10/h1-2,4-5,8H,3,6-7H2,(H,13,15)(H,14,16). The van der Waals surface area contributed by atoms with Gasteiger partial charge in [-0.05, 0) is 18.2 Å². The van der Waals surface area contributed by atoms with Gasteiger partial charge in [-0.3, -0.25) is 9.89 Å². The molecule has 1 saturated heterocycles. The van der Waals surface area contributed by atoms with E-state index in [0.29, 0.717) is 25.6 Å². The number of amides is 1. The maximum Gasteiger partial charge on any atom is 0.224 e. The fraction of sp³-hybridized carbons (Fsp3) is 0.333. The van der Waals surface area contributed by atoms with Gasteiger partial charge in [0.05, 0.1) is 24.9 Å². The average molecular weight is 231 g/mol. The Hall–Kier alpha value is -1.88. The van der Waals surface area contributed by atoms with Crippen LogP contribution in [0.5, 0.6) is 0 Å². The number of nitrogens with one attached hydrogen (secondary N) is 2. The molecule has 1 aromatic carbocycles. The third-order valence-electron chi connectivity index (χ3n) is 2.91. The van der Waals surface area contributed by atoms with Gasteiger partial charge in [0.15, 0.2) is 0 Å². The molecule has 3 rings (SSSR count). The lowest BCUT2D eigenvalue weighted by atomic mass is 10.0. The Bertz CT molecular complexity index is 545. The molecule has 0 atom stereocenters. The van der Waals surface area contributed by atoms with Gasteiger partial charge in [-0.25, -0.2) is 0 Å². The number of carbonyl (C=O) groups is 1. The van der Waals surface area contributed by atoms with Gasteiger partial charge in [0.1, 0.15) is 0 Å². The maximum atomic E-state index is 11.7. The number of hydrogen-bond donors (Lipinski definition) is 2. The summed E-state index contributed by atoms with van der Waals surface area (Å²) >= 11 is 0. The van der Waals surface area contributed by atoms with Crippen molar-refractivity contribution in [3.05, 3.63) is 24.4 Å². The van der Waals surface area contributed by atoms with E-state index in [1.54, 1.807) is 6.20 Å². The van der Waals surface area contributed by atoms with Gasteiger partial charge in [-0.1, -0.05) is 0 Å². The van der Waals surface area contributed by atoms with Crippen LogP contribution in [0.15, 0.2) is 24.4 Å². The molecule has 0 radical (unpaired) electrons. The van der Waals surface area contributed by atoms with Crippen LogP contribution >= 0.6 is 0 Å². The van der Waals surface area contributed by atoms with Crippen LogP contribution in [0, 0.1) is 5.92 Å². The molecule has 1 aromatic heterocycles. The van der Waals surface area contributed by atoms with Gasteiger partial charge in [0.2, 0.25) is 5.91 Å². The first-order valence-electron chi connectivity index (χ1n) is 5.62. The number of hydrogen-bond acceptors (Lipinski definition) is 3. The highest BCUT2D eigenvalue weighted by Gasteiger charge is 2.21. The van der Waals surface area contributed by atoms with Crippen LogP contribution in [0.1, 0.15) is 6.42 Å². The summed E-state index contributed by atoms with van der Waals surface area (Å²) in [4.78, 5) is 11.7. The number of nitrogens with zero attached hydrogens (tertiary/aromatic N) is 1. The van der Waals surface area contributed by atoms with E-state index in [4.69, 9.17) is 4.74 Å². The third kappa shape index (κ3) is 2.14. The summed E-state index contributed by atoms with van der Waals surface area (Å²) in [6, 6.07) is 5.70. The molecule has 0 bridgehead atoms. The molecule has 1 amide bonds. The van der Waals surface area contributed by atoms with Crippen molar-refractivity contribution in [1.29, 1.82) is 0 Å². The highest BCUT2D eigenvalue weighted by molar-refractivity contribution is 5.93. The molecule has 5 heteroatoms. The first kappa shape index (κ1) is 10.3. The second kappa shape index (κ2) is 4.18. The van der Waals surface area contributed by atoms with E-state index in [0.717, 1.165) is 16.6 Å². The summed E-state index contributed by atoms with van der Waals surface area (Å²) in [5, 5.41) is 10.7. The molecule has 2 N–H and O–H groups in total. The summed E-state index contributed by atoms with van der Waals surface area (Å²) in [6.07, 6.45) is 2.29. The molecule has 1 fully saturated rings. The quantitative estimate of drug-likeness (QED) is 0.842. The van der Waals surface area contributed by atoms with Crippen molar-refractivity contribution >= 4 is 22.5 Å². The van der Waals surface area contributed by atoms with Crippen LogP contribution in [-0.4, -0.2) is 29.3 Å². The van der Waals surface area contributed by atoms with Crippen LogP contribution in [0.25, 0.3) is 10.9 Å². The molecule has 0 saturated carbocycles. The van der Waals surface area contributed by atoms with Crippen molar-refractivity contribution in [2.75, 3.05) is 18.5 Å². The highest BCUT2D eigenvalue weighted by Crippen LogP contribution is 2.18. The second-order valence-electron chi connectivity index (χ2n) is 4.33. The van der Waals surface area contributed by atoms with Crippen molar-refractivity contribution in [2.45, 2.75) is 6.42 Å². The minimum Gasteiger partial charge on any atom is -0.381 e. The fourth-order valence-corrected chi connectivity index (χ4v) is 1.89. The summed E-state index contributed by atoms with van der Waals surface area (Å²) in [5.74, 6) is 0.419. The van der Waals surface area contributed by atoms with Crippen LogP contribution in [0.4, 0.5) is 5.69 Å². The van der Waals surface area contributed by atoms with Crippen molar-refractivity contribution < 1.29 is 9.53 Å². The SMILES string of the molecule is O=C(CC1COC1)Nc1ccc2cn[nH]c2c1. The van der Waals surface area contributed by atoms with Gasteiger partial charge in [-0.2, -0.15) is 5.10 Å². The minimum absolute atomic E-state index is 0.0390. The summed E-state index contributed by atoms with van der Waals surface area (Å²) in [7, 11) is 0. The van der Waals surface area contributed by atoms with Gasteiger partial charge in [0.25, 0.3) is 0 Å². The first-order chi connectivity index (χ1) is 8.31. The van der Waals surface area contributed by atoms with Crippen molar-refractivity contribution in [3.63, 3.8) is 0 Å². The second-order valence-corrected chi connectivity index (χ2v) is 4.33. The van der Waals surface area contributed by atoms with E-state index in [9.17, 15) is 4.79 Å². The molecule has 0 spiro atoms. The lowest BCUT2D eigenvalue weighted by molar-refractivity contribution is -0.121. The average Bonchev–Trinajstić information content (AvgIpc) is 2.71. The number of anilines is 1. The molecule has 0 unspecified atom stereocenters. The van der Waals surface area contributed by atoms with E-state index in [1.165, 1.54) is 0 Å². The van der Waals surface area contributed by atoms with Crippen molar-refractivity contribution in [2.24, 2.45) is 5.92 Å². The van der Waals surface area contributed by atoms with Crippen LogP contribution in [0.2, 0.25) is 0 Å². The molecule has 1 aliphatic rings. The third-order valence-corrected chi connectivity index (χ3v) is 2.91. The van der Waals surface area contributed by atoms with E-state index < -0.39 is 0 Å². The topological polar surface area (TPSA) is 67.0 Å². The normalized spacial score (nSPS) is 15.8. The first-order valence-corrected chi connectivity index (χ1v) is 5.62. The Kier molecular flexibility index (Phi) is 2.53. The summed E-state index contributed by atoms with van der Waals surface area (Å²) < 4.78 is 5.04. The van der Waals surface area contributed by atoms with Crippen LogP contribution in [0.3, 0.4) is 0 Å². The van der Waals surface area contributed by atoms with E-state index in [-0.39, 0.29) is 5.91 Å². The Morgan fingerprint density at radius 3 is 3.18 bits per heavy atom. The molecular formula is C12H13N3O2. The Morgan fingerprint density at radius 2 is 2.41 bits per heavy atom. The zero-order valence-corrected chi connectivity index (χ0v) is 9.27. The molecule has 88 valence electrons. The predicted octanol–water partition coefficient (Wildman–Crippen LogP) is 1.54. The number of aromatic nitrogens is 2. The Balaban J connectivity index is 1.68. The minimum atomic E-state index is 0.0390. The van der Waals surface area contributed by atoms with Gasteiger partial charge in [-0.15, -0.1) is 0 Å². The lowest BCUT2D eigenvalue weighted by Crippen LogP contribution is -2.31. The van der Waals surface area contributed by atoms with Crippen LogP contribution < -0.4 is 5.32 Å². The number of carbonyl (C=O) groups excluding carboxylic acids is 1. The number of fused-ring (bicyclic) bond motifs is 1. The smallest absolute Gasteiger partial charge is 0.224 e. The summed E-state index contributed by atoms with van der Waals surface area (Å²) in [5.41, 5.74) is 1.72. The number of benzene rings is 1. The van der Waals surface area contributed by atoms with E-state index in [2.05, 4.69) is 15.5 Å². The van der Waals surface area contributed by atoms with Gasteiger partial charge in [0, 0.05) is 23.4 Å². The molecule has 0 aliphatic carbocycles. The number of H-pyrrole nitrogens is 1. The fourth-order valence-electron chi connectivity index (χ4n) is 1.89. The van der Waals surface area contributed by atoms with Crippen LogP contribution in [-0.2, 0) is 9.53 Å². The van der Waals surface area contributed by atoms with Crippen molar-refractivity contribution in [3.8, 4) is 0 Å². The maximum absolute atomic E-state index is 11.7. The van der Waals surface area contributed by atoms with Gasteiger partial charge >= 0.3 is 0 Å². The number of rotatable bonds is 3. The summed E-state index contributed by atoms with van der Waals surface area (Å²) in [6.45, 7) is 1.40. The molecular weight excluding hydrogens is 218 g/mol. The zero-order chi connectivity index (χ0) is 11.7. The van der Waals surface area contributed by atoms with E-state index in [1.807, 2.05) is 18.2 Å². The monoisotopic (exact) mass is 231 g/mol. The highest BCUT2D eigenvalue weighted by atomic mass is 16.5. The number of ether oxygens (including phenoxy) is 1. The van der Waals surface area contributed by atoms with Crippen molar-refractivity contribution in [1.82, 2.24) is 10.2 Å². The van der Waals surface area contributed by atoms with Gasteiger partial charge < -0.3 is 10.1 Å². The number of aromatic amines is 1.